The van der Waals surface area contributed by atoms with E-state index in [9.17, 15) is 22.8 Å². The van der Waals surface area contributed by atoms with Crippen LogP contribution in [0.2, 0.25) is 0 Å². The molecule has 1 aromatic rings. The maximum absolute atomic E-state index is 13.2. The van der Waals surface area contributed by atoms with E-state index in [0.717, 1.165) is 10.9 Å². The summed E-state index contributed by atoms with van der Waals surface area (Å²) in [5, 5.41) is 12.6. The Balaban J connectivity index is 2.24. The van der Waals surface area contributed by atoms with Crippen molar-refractivity contribution in [3.63, 3.8) is 0 Å². The van der Waals surface area contributed by atoms with Gasteiger partial charge in [-0.3, -0.25) is 9.48 Å². The van der Waals surface area contributed by atoms with Crippen molar-refractivity contribution in [3.8, 4) is 0 Å². The highest BCUT2D eigenvalue weighted by Gasteiger charge is 2.44. The molecule has 1 aromatic heterocycles. The lowest BCUT2D eigenvalue weighted by Gasteiger charge is -2.35. The summed E-state index contributed by atoms with van der Waals surface area (Å²) in [7, 11) is 0. The maximum Gasteiger partial charge on any atom is 0.433 e. The van der Waals surface area contributed by atoms with Crippen molar-refractivity contribution in [1.82, 2.24) is 9.78 Å². The molecule has 0 bridgehead atoms. The molecule has 0 aliphatic heterocycles. The molecule has 6 nitrogen and oxygen atoms in total. The molecule has 1 fully saturated rings. The van der Waals surface area contributed by atoms with Gasteiger partial charge in [0.05, 0.1) is 24.3 Å². The Morgan fingerprint density at radius 2 is 2.00 bits per heavy atom. The molecular weight excluding hydrogens is 329 g/mol. The summed E-state index contributed by atoms with van der Waals surface area (Å²) < 4.78 is 45.5. The van der Waals surface area contributed by atoms with Crippen LogP contribution in [0.1, 0.15) is 61.6 Å². The predicted molar refractivity (Wildman–Crippen MR) is 76.4 cm³/mol. The van der Waals surface area contributed by atoms with E-state index in [1.807, 2.05) is 0 Å². The van der Waals surface area contributed by atoms with E-state index in [0.29, 0.717) is 25.7 Å². The minimum Gasteiger partial charge on any atom is -0.478 e. The summed E-state index contributed by atoms with van der Waals surface area (Å²) in [6, 6.07) is -0.600. The highest BCUT2D eigenvalue weighted by molar-refractivity contribution is 5.88. The Labute approximate surface area is 136 Å². The number of hydrogen-bond acceptors (Lipinski definition) is 4. The highest BCUT2D eigenvalue weighted by atomic mass is 19.4. The first kappa shape index (κ1) is 18.3. The number of carbonyl (C=O) groups is 2. The van der Waals surface area contributed by atoms with Gasteiger partial charge in [0, 0.05) is 0 Å². The van der Waals surface area contributed by atoms with Crippen LogP contribution in [0.25, 0.3) is 0 Å². The summed E-state index contributed by atoms with van der Waals surface area (Å²) in [6.07, 6.45) is -2.79. The fourth-order valence-corrected chi connectivity index (χ4v) is 3.07. The van der Waals surface area contributed by atoms with Crippen LogP contribution in [0, 0.1) is 5.41 Å². The van der Waals surface area contributed by atoms with Crippen molar-refractivity contribution in [2.75, 3.05) is 6.61 Å². The third-order valence-corrected chi connectivity index (χ3v) is 4.47. The molecule has 1 saturated carbocycles. The van der Waals surface area contributed by atoms with Crippen LogP contribution in [-0.4, -0.2) is 33.4 Å². The molecule has 0 unspecified atom stereocenters. The van der Waals surface area contributed by atoms with Gasteiger partial charge in [0.2, 0.25) is 0 Å². The quantitative estimate of drug-likeness (QED) is 0.845. The Morgan fingerprint density at radius 1 is 1.42 bits per heavy atom. The Bertz CT molecular complexity index is 631. The molecule has 0 radical (unpaired) electrons. The van der Waals surface area contributed by atoms with Crippen molar-refractivity contribution in [1.29, 1.82) is 0 Å². The summed E-state index contributed by atoms with van der Waals surface area (Å²) in [4.78, 5) is 23.0. The first-order valence-corrected chi connectivity index (χ1v) is 7.65. The third kappa shape index (κ3) is 3.39. The molecule has 1 heterocycles. The lowest BCUT2D eigenvalue weighted by atomic mass is 9.74. The van der Waals surface area contributed by atoms with Gasteiger partial charge in [-0.2, -0.15) is 18.3 Å². The number of carbonyl (C=O) groups excluding carboxylic acids is 1. The average Bonchev–Trinajstić information content (AvgIpc) is 2.93. The van der Waals surface area contributed by atoms with Crippen molar-refractivity contribution >= 4 is 11.9 Å². The first-order valence-electron chi connectivity index (χ1n) is 7.65. The number of esters is 1. The molecule has 9 heteroatoms. The Hall–Kier alpha value is -2.06. The van der Waals surface area contributed by atoms with E-state index in [2.05, 4.69) is 5.10 Å². The van der Waals surface area contributed by atoms with Gasteiger partial charge in [-0.1, -0.05) is 0 Å². The van der Waals surface area contributed by atoms with Crippen LogP contribution in [0.5, 0.6) is 0 Å². The van der Waals surface area contributed by atoms with E-state index < -0.39 is 34.9 Å². The predicted octanol–water partition coefficient (Wildman–Crippen LogP) is 3.28. The molecule has 134 valence electrons. The van der Waals surface area contributed by atoms with Crippen molar-refractivity contribution in [2.45, 2.75) is 51.7 Å². The number of aromatic nitrogens is 2. The number of ether oxygens (including phenoxy) is 1. The number of carboxylic acids is 1. The van der Waals surface area contributed by atoms with Crippen LogP contribution in [0.15, 0.2) is 6.20 Å². The second-order valence-electron chi connectivity index (χ2n) is 6.17. The van der Waals surface area contributed by atoms with Gasteiger partial charge >= 0.3 is 18.1 Å². The zero-order valence-electron chi connectivity index (χ0n) is 13.4. The summed E-state index contributed by atoms with van der Waals surface area (Å²) in [5.74, 6) is -2.02. The van der Waals surface area contributed by atoms with Gasteiger partial charge in [-0.15, -0.1) is 0 Å². The van der Waals surface area contributed by atoms with Crippen molar-refractivity contribution in [2.24, 2.45) is 5.41 Å². The van der Waals surface area contributed by atoms with E-state index in [-0.39, 0.29) is 12.6 Å². The number of alkyl halides is 3. The highest BCUT2D eigenvalue weighted by Crippen LogP contribution is 2.43. The molecule has 1 aliphatic rings. The van der Waals surface area contributed by atoms with Crippen LogP contribution in [0.4, 0.5) is 13.2 Å². The summed E-state index contributed by atoms with van der Waals surface area (Å²) >= 11 is 0. The first-order chi connectivity index (χ1) is 11.1. The van der Waals surface area contributed by atoms with Gasteiger partial charge in [-0.25, -0.2) is 4.79 Å². The Kier molecular flexibility index (Phi) is 4.91. The third-order valence-electron chi connectivity index (χ3n) is 4.47. The topological polar surface area (TPSA) is 81.4 Å². The lowest BCUT2D eigenvalue weighted by Crippen LogP contribution is -2.35. The maximum atomic E-state index is 13.2. The fraction of sp³-hybridized carbons (Fsp3) is 0.667. The molecule has 1 N–H and O–H groups in total. The zero-order chi connectivity index (χ0) is 18.1. The van der Waals surface area contributed by atoms with Crippen molar-refractivity contribution < 1.29 is 32.6 Å². The summed E-state index contributed by atoms with van der Waals surface area (Å²) in [6.45, 7) is 3.68. The van der Waals surface area contributed by atoms with Gasteiger partial charge in [0.1, 0.15) is 5.56 Å². The molecule has 0 aromatic carbocycles. The molecule has 0 atom stereocenters. The van der Waals surface area contributed by atoms with E-state index in [1.54, 1.807) is 13.8 Å². The zero-order valence-corrected chi connectivity index (χ0v) is 13.4. The van der Waals surface area contributed by atoms with Crippen molar-refractivity contribution in [3.05, 3.63) is 17.5 Å². The monoisotopic (exact) mass is 348 g/mol. The Morgan fingerprint density at radius 3 is 2.46 bits per heavy atom. The number of hydrogen-bond donors (Lipinski definition) is 1. The molecule has 0 saturated heterocycles. The second kappa shape index (κ2) is 6.45. The van der Waals surface area contributed by atoms with E-state index >= 15 is 0 Å². The van der Waals surface area contributed by atoms with Gasteiger partial charge in [0.25, 0.3) is 0 Å². The molecule has 0 spiro atoms. The van der Waals surface area contributed by atoms with E-state index in [1.165, 1.54) is 0 Å². The number of halogens is 3. The minimum atomic E-state index is -4.81. The largest absolute Gasteiger partial charge is 0.478 e. The fourth-order valence-electron chi connectivity index (χ4n) is 3.07. The van der Waals surface area contributed by atoms with Gasteiger partial charge in [-0.05, 0) is 39.5 Å². The molecule has 24 heavy (non-hydrogen) atoms. The van der Waals surface area contributed by atoms with Gasteiger partial charge < -0.3 is 9.84 Å². The van der Waals surface area contributed by atoms with Gasteiger partial charge in [0.15, 0.2) is 5.69 Å². The van der Waals surface area contributed by atoms with Crippen LogP contribution in [0.3, 0.4) is 0 Å². The average molecular weight is 348 g/mol. The lowest BCUT2D eigenvalue weighted by molar-refractivity contribution is -0.157. The number of aromatic carboxylic acids is 1. The molecule has 2 rings (SSSR count). The molecule has 1 aliphatic carbocycles. The number of carboxylic acid groups (broad SMARTS) is 1. The normalized spacial score (nSPS) is 24.6. The molecular formula is C15H19F3N2O4. The smallest absolute Gasteiger partial charge is 0.433 e. The van der Waals surface area contributed by atoms with E-state index in [4.69, 9.17) is 9.84 Å². The van der Waals surface area contributed by atoms with Crippen LogP contribution < -0.4 is 0 Å². The second-order valence-corrected chi connectivity index (χ2v) is 6.17. The number of rotatable bonds is 4. The molecule has 0 amide bonds. The standard InChI is InChI=1S/C15H19F3N2O4/c1-3-24-13(23)14(2)6-4-9(5-7-14)20-11(15(16,17)18)10(8-19-20)12(21)22/h8-9H,3-7H2,1-2H3,(H,21,22)/t9-,14-. The SMILES string of the molecule is CCOC(=O)[C@]1(C)CC[C@@H](n2ncc(C(=O)O)c2C(F)(F)F)CC1. The number of nitrogens with zero attached hydrogens (tertiary/aromatic N) is 2. The van der Waals surface area contributed by atoms with Crippen LogP contribution in [-0.2, 0) is 15.7 Å². The summed E-state index contributed by atoms with van der Waals surface area (Å²) in [5.41, 5.74) is -2.84. The van der Waals surface area contributed by atoms with Crippen LogP contribution >= 0.6 is 0 Å². The minimum absolute atomic E-state index is 0.247.